The van der Waals surface area contributed by atoms with Crippen LogP contribution in [0.2, 0.25) is 0 Å². The highest BCUT2D eigenvalue weighted by molar-refractivity contribution is 5.81. The highest BCUT2D eigenvalue weighted by atomic mass is 16.2. The van der Waals surface area contributed by atoms with Crippen LogP contribution in [0.3, 0.4) is 0 Å². The summed E-state index contributed by atoms with van der Waals surface area (Å²) in [5.74, 6) is 0.505. The molecule has 1 aromatic carbocycles. The van der Waals surface area contributed by atoms with Gasteiger partial charge in [-0.3, -0.25) is 14.5 Å². The van der Waals surface area contributed by atoms with E-state index < -0.39 is 0 Å². The lowest BCUT2D eigenvalue weighted by Gasteiger charge is -2.26. The number of nitrogens with one attached hydrogen (secondary N) is 2. The third-order valence-corrected chi connectivity index (χ3v) is 5.12. The van der Waals surface area contributed by atoms with Gasteiger partial charge >= 0.3 is 0 Å². The Kier molecular flexibility index (Phi) is 6.08. The van der Waals surface area contributed by atoms with Crippen LogP contribution in [0.1, 0.15) is 50.1 Å². The zero-order chi connectivity index (χ0) is 17.6. The fourth-order valence-electron chi connectivity index (χ4n) is 3.69. The summed E-state index contributed by atoms with van der Waals surface area (Å²) in [6.45, 7) is 0.511. The molecule has 2 aliphatic carbocycles. The van der Waals surface area contributed by atoms with Crippen LogP contribution in [0.4, 0.5) is 0 Å². The minimum absolute atomic E-state index is 0.00759. The van der Waals surface area contributed by atoms with Crippen LogP contribution >= 0.6 is 0 Å². The van der Waals surface area contributed by atoms with Gasteiger partial charge in [-0.1, -0.05) is 43.2 Å². The predicted molar refractivity (Wildman–Crippen MR) is 97.9 cm³/mol. The van der Waals surface area contributed by atoms with E-state index in [1.54, 1.807) is 4.90 Å². The second-order valence-electron chi connectivity index (χ2n) is 7.51. The summed E-state index contributed by atoms with van der Waals surface area (Å²) < 4.78 is 0. The number of hydrogen-bond donors (Lipinski definition) is 2. The molecular formula is C20H29N3O2. The van der Waals surface area contributed by atoms with Gasteiger partial charge in [0.2, 0.25) is 11.8 Å². The van der Waals surface area contributed by atoms with Crippen LogP contribution in [-0.2, 0) is 9.59 Å². The number of hydrogen-bond acceptors (Lipinski definition) is 3. The van der Waals surface area contributed by atoms with Crippen molar-refractivity contribution in [3.8, 4) is 0 Å². The summed E-state index contributed by atoms with van der Waals surface area (Å²) in [6.07, 6.45) is 6.97. The van der Waals surface area contributed by atoms with Crippen LogP contribution in [0, 0.1) is 5.92 Å². The fraction of sp³-hybridized carbons (Fsp3) is 0.600. The molecule has 1 unspecified atom stereocenters. The standard InChI is InChI=1S/C20H29N3O2/c1-23(13-18(24)21-17-11-12-17)14-19(25)22-20(16-9-5-6-10-16)15-7-3-2-4-8-15/h2-4,7-8,16-17,20H,5-6,9-14H2,1H3,(H,21,24)(H,22,25). The molecule has 3 rings (SSSR count). The third kappa shape index (κ3) is 5.56. The van der Waals surface area contributed by atoms with Crippen LogP contribution in [0.25, 0.3) is 0 Å². The molecule has 1 atom stereocenters. The first-order valence-corrected chi connectivity index (χ1v) is 9.44. The molecule has 0 bridgehead atoms. The Bertz CT molecular complexity index is 580. The van der Waals surface area contributed by atoms with Gasteiger partial charge in [0.25, 0.3) is 0 Å². The number of likely N-dealkylation sites (N-methyl/N-ethyl adjacent to an activating group) is 1. The van der Waals surface area contributed by atoms with Gasteiger partial charge in [-0.05, 0) is 44.2 Å². The summed E-state index contributed by atoms with van der Waals surface area (Å²) in [5, 5.41) is 6.18. The summed E-state index contributed by atoms with van der Waals surface area (Å²) in [4.78, 5) is 26.2. The molecule has 2 aliphatic rings. The molecule has 5 heteroatoms. The number of amides is 2. The molecule has 1 aromatic rings. The second kappa shape index (κ2) is 8.48. The van der Waals surface area contributed by atoms with Crippen LogP contribution in [0.5, 0.6) is 0 Å². The van der Waals surface area contributed by atoms with Gasteiger partial charge in [-0.2, -0.15) is 0 Å². The van der Waals surface area contributed by atoms with Crippen molar-refractivity contribution in [2.75, 3.05) is 20.1 Å². The van der Waals surface area contributed by atoms with Gasteiger partial charge in [0.1, 0.15) is 0 Å². The highest BCUT2D eigenvalue weighted by Gasteiger charge is 2.28. The Balaban J connectivity index is 1.53. The quantitative estimate of drug-likeness (QED) is 0.761. The van der Waals surface area contributed by atoms with E-state index in [1.165, 1.54) is 31.2 Å². The molecule has 0 saturated heterocycles. The van der Waals surface area contributed by atoms with Crippen molar-refractivity contribution in [3.63, 3.8) is 0 Å². The zero-order valence-corrected chi connectivity index (χ0v) is 15.0. The lowest BCUT2D eigenvalue weighted by molar-refractivity contribution is -0.125. The molecule has 0 heterocycles. The summed E-state index contributed by atoms with van der Waals surface area (Å²) in [6, 6.07) is 10.7. The maximum Gasteiger partial charge on any atom is 0.234 e. The molecule has 0 spiro atoms. The van der Waals surface area contributed by atoms with Crippen molar-refractivity contribution in [1.29, 1.82) is 0 Å². The Morgan fingerprint density at radius 3 is 2.32 bits per heavy atom. The van der Waals surface area contributed by atoms with Crippen LogP contribution < -0.4 is 10.6 Å². The number of benzene rings is 1. The van der Waals surface area contributed by atoms with E-state index in [2.05, 4.69) is 22.8 Å². The van der Waals surface area contributed by atoms with E-state index in [0.717, 1.165) is 12.8 Å². The predicted octanol–water partition coefficient (Wildman–Crippen LogP) is 2.24. The fourth-order valence-corrected chi connectivity index (χ4v) is 3.69. The molecule has 2 saturated carbocycles. The smallest absolute Gasteiger partial charge is 0.234 e. The summed E-state index contributed by atoms with van der Waals surface area (Å²) >= 11 is 0. The second-order valence-corrected chi connectivity index (χ2v) is 7.51. The molecule has 25 heavy (non-hydrogen) atoms. The molecule has 2 fully saturated rings. The Morgan fingerprint density at radius 2 is 1.68 bits per heavy atom. The highest BCUT2D eigenvalue weighted by Crippen LogP contribution is 2.35. The Morgan fingerprint density at radius 1 is 1.04 bits per heavy atom. The topological polar surface area (TPSA) is 61.4 Å². The van der Waals surface area contributed by atoms with Gasteiger partial charge < -0.3 is 10.6 Å². The van der Waals surface area contributed by atoms with Crippen molar-refractivity contribution < 1.29 is 9.59 Å². The number of nitrogens with zero attached hydrogens (tertiary/aromatic N) is 1. The van der Waals surface area contributed by atoms with E-state index in [-0.39, 0.29) is 30.9 Å². The van der Waals surface area contributed by atoms with Crippen LogP contribution in [-0.4, -0.2) is 42.9 Å². The molecule has 0 aliphatic heterocycles. The Labute approximate surface area is 150 Å². The van der Waals surface area contributed by atoms with Crippen molar-refractivity contribution in [3.05, 3.63) is 35.9 Å². The van der Waals surface area contributed by atoms with Gasteiger partial charge in [0.15, 0.2) is 0 Å². The van der Waals surface area contributed by atoms with E-state index >= 15 is 0 Å². The summed E-state index contributed by atoms with van der Waals surface area (Å²) in [5.41, 5.74) is 1.18. The SMILES string of the molecule is CN(CC(=O)NC1CC1)CC(=O)NC(c1ccccc1)C1CCCC1. The van der Waals surface area contributed by atoms with Crippen molar-refractivity contribution >= 4 is 11.8 Å². The van der Waals surface area contributed by atoms with Crippen molar-refractivity contribution in [1.82, 2.24) is 15.5 Å². The van der Waals surface area contributed by atoms with Gasteiger partial charge in [-0.15, -0.1) is 0 Å². The molecular weight excluding hydrogens is 314 g/mol. The van der Waals surface area contributed by atoms with Gasteiger partial charge in [0.05, 0.1) is 19.1 Å². The number of carbonyl (C=O) groups is 2. The van der Waals surface area contributed by atoms with E-state index in [1.807, 2.05) is 25.2 Å². The first kappa shape index (κ1) is 17.9. The first-order chi connectivity index (χ1) is 12.1. The first-order valence-electron chi connectivity index (χ1n) is 9.44. The molecule has 136 valence electrons. The molecule has 2 N–H and O–H groups in total. The summed E-state index contributed by atoms with van der Waals surface area (Å²) in [7, 11) is 1.82. The van der Waals surface area contributed by atoms with E-state index in [9.17, 15) is 9.59 Å². The van der Waals surface area contributed by atoms with Crippen LogP contribution in [0.15, 0.2) is 30.3 Å². The minimum Gasteiger partial charge on any atom is -0.352 e. The van der Waals surface area contributed by atoms with Gasteiger partial charge in [0, 0.05) is 6.04 Å². The van der Waals surface area contributed by atoms with Crippen molar-refractivity contribution in [2.45, 2.75) is 50.6 Å². The minimum atomic E-state index is -0.0116. The maximum absolute atomic E-state index is 12.5. The van der Waals surface area contributed by atoms with E-state index in [0.29, 0.717) is 12.0 Å². The zero-order valence-electron chi connectivity index (χ0n) is 15.0. The van der Waals surface area contributed by atoms with Gasteiger partial charge in [-0.25, -0.2) is 0 Å². The normalized spacial score (nSPS) is 19.0. The maximum atomic E-state index is 12.5. The number of rotatable bonds is 8. The monoisotopic (exact) mass is 343 g/mol. The molecule has 0 radical (unpaired) electrons. The average molecular weight is 343 g/mol. The lowest BCUT2D eigenvalue weighted by atomic mass is 9.91. The Hall–Kier alpha value is -1.88. The molecule has 5 nitrogen and oxygen atoms in total. The average Bonchev–Trinajstić information content (AvgIpc) is 3.23. The molecule has 0 aromatic heterocycles. The largest absolute Gasteiger partial charge is 0.352 e. The van der Waals surface area contributed by atoms with E-state index in [4.69, 9.17) is 0 Å². The van der Waals surface area contributed by atoms with Crippen molar-refractivity contribution in [2.24, 2.45) is 5.92 Å². The lowest BCUT2D eigenvalue weighted by Crippen LogP contribution is -2.43. The third-order valence-electron chi connectivity index (χ3n) is 5.12. The molecule has 2 amide bonds. The number of carbonyl (C=O) groups excluding carboxylic acids is 2.